The molecule has 0 aromatic carbocycles. The van der Waals surface area contributed by atoms with E-state index in [4.69, 9.17) is 9.47 Å². The summed E-state index contributed by atoms with van der Waals surface area (Å²) in [4.78, 5) is 15.5. The highest BCUT2D eigenvalue weighted by atomic mass is 16.5. The van der Waals surface area contributed by atoms with Gasteiger partial charge in [-0.2, -0.15) is 0 Å². The van der Waals surface area contributed by atoms with Gasteiger partial charge in [-0.05, 0) is 25.5 Å². The van der Waals surface area contributed by atoms with E-state index in [2.05, 4.69) is 4.98 Å². The number of Topliss-reactive ketones (excluding diaryl/α,β-unsaturated/α-hetero) is 1. The Balaban J connectivity index is 1.95. The zero-order valence-electron chi connectivity index (χ0n) is 10.2. The lowest BCUT2D eigenvalue weighted by atomic mass is 9.90. The molecule has 4 heteroatoms. The fraction of sp³-hybridized carbons (Fsp3) is 0.538. The van der Waals surface area contributed by atoms with Crippen LogP contribution in [0.15, 0.2) is 18.3 Å². The molecular formula is C13H17NO3. The molecule has 0 saturated heterocycles. The predicted molar refractivity (Wildman–Crippen MR) is 63.0 cm³/mol. The van der Waals surface area contributed by atoms with Gasteiger partial charge in [0, 0.05) is 19.2 Å². The SMILES string of the molecule is CCCOC1C(=O)CC1Oc1cccnc1C. The first-order chi connectivity index (χ1) is 8.22. The Labute approximate surface area is 101 Å². The van der Waals surface area contributed by atoms with Gasteiger partial charge in [-0.3, -0.25) is 9.78 Å². The number of ketones is 1. The second kappa shape index (κ2) is 5.27. The lowest BCUT2D eigenvalue weighted by Crippen LogP contribution is -2.52. The van der Waals surface area contributed by atoms with Gasteiger partial charge in [0.15, 0.2) is 11.9 Å². The number of aryl methyl sites for hydroxylation is 1. The molecular weight excluding hydrogens is 218 g/mol. The van der Waals surface area contributed by atoms with Crippen LogP contribution in [-0.2, 0) is 9.53 Å². The van der Waals surface area contributed by atoms with Crippen LogP contribution < -0.4 is 4.74 Å². The molecule has 0 N–H and O–H groups in total. The molecule has 2 rings (SSSR count). The molecule has 1 heterocycles. The van der Waals surface area contributed by atoms with Gasteiger partial charge >= 0.3 is 0 Å². The van der Waals surface area contributed by atoms with Crippen molar-refractivity contribution in [2.75, 3.05) is 6.61 Å². The number of rotatable bonds is 5. The molecule has 1 aromatic rings. The van der Waals surface area contributed by atoms with Gasteiger partial charge < -0.3 is 9.47 Å². The van der Waals surface area contributed by atoms with Gasteiger partial charge in [0.1, 0.15) is 11.9 Å². The molecule has 92 valence electrons. The molecule has 2 unspecified atom stereocenters. The number of carbonyl (C=O) groups excluding carboxylic acids is 1. The zero-order chi connectivity index (χ0) is 12.3. The minimum atomic E-state index is -0.394. The van der Waals surface area contributed by atoms with Gasteiger partial charge in [0.25, 0.3) is 0 Å². The summed E-state index contributed by atoms with van der Waals surface area (Å²) in [6, 6.07) is 3.69. The third-order valence-corrected chi connectivity index (χ3v) is 2.80. The van der Waals surface area contributed by atoms with Crippen molar-refractivity contribution in [1.82, 2.24) is 4.98 Å². The van der Waals surface area contributed by atoms with Crippen molar-refractivity contribution in [1.29, 1.82) is 0 Å². The second-order valence-electron chi connectivity index (χ2n) is 4.21. The summed E-state index contributed by atoms with van der Waals surface area (Å²) in [7, 11) is 0. The topological polar surface area (TPSA) is 48.4 Å². The molecule has 0 radical (unpaired) electrons. The lowest BCUT2D eigenvalue weighted by Gasteiger charge is -2.34. The summed E-state index contributed by atoms with van der Waals surface area (Å²) >= 11 is 0. The van der Waals surface area contributed by atoms with E-state index in [1.165, 1.54) is 0 Å². The van der Waals surface area contributed by atoms with E-state index in [9.17, 15) is 4.79 Å². The standard InChI is InChI=1S/C13H17NO3/c1-3-7-16-13-10(15)8-12(13)17-11-5-4-6-14-9(11)2/h4-6,12-13H,3,7-8H2,1-2H3. The van der Waals surface area contributed by atoms with E-state index in [0.29, 0.717) is 13.0 Å². The average Bonchev–Trinajstić information content (AvgIpc) is 2.31. The van der Waals surface area contributed by atoms with Crippen molar-refractivity contribution in [3.8, 4) is 5.75 Å². The van der Waals surface area contributed by atoms with Crippen molar-refractivity contribution in [3.05, 3.63) is 24.0 Å². The van der Waals surface area contributed by atoms with Crippen LogP contribution in [0.4, 0.5) is 0 Å². The first-order valence-corrected chi connectivity index (χ1v) is 5.95. The molecule has 0 spiro atoms. The molecule has 0 aliphatic heterocycles. The molecule has 1 fully saturated rings. The highest BCUT2D eigenvalue weighted by molar-refractivity contribution is 5.90. The second-order valence-corrected chi connectivity index (χ2v) is 4.21. The van der Waals surface area contributed by atoms with Crippen LogP contribution in [0.2, 0.25) is 0 Å². The first kappa shape index (κ1) is 12.0. The molecule has 1 aromatic heterocycles. The van der Waals surface area contributed by atoms with Crippen LogP contribution in [0, 0.1) is 6.92 Å². The Hall–Kier alpha value is -1.42. The van der Waals surface area contributed by atoms with Crippen LogP contribution in [0.3, 0.4) is 0 Å². The summed E-state index contributed by atoms with van der Waals surface area (Å²) in [6.45, 7) is 4.50. The van der Waals surface area contributed by atoms with Crippen molar-refractivity contribution >= 4 is 5.78 Å². The number of carbonyl (C=O) groups is 1. The van der Waals surface area contributed by atoms with Gasteiger partial charge in [-0.15, -0.1) is 0 Å². The van der Waals surface area contributed by atoms with Crippen LogP contribution in [0.1, 0.15) is 25.5 Å². The van der Waals surface area contributed by atoms with Gasteiger partial charge in [-0.1, -0.05) is 6.92 Å². The summed E-state index contributed by atoms with van der Waals surface area (Å²) < 4.78 is 11.2. The normalized spacial score (nSPS) is 23.3. The Kier molecular flexibility index (Phi) is 3.74. The maximum absolute atomic E-state index is 11.4. The summed E-state index contributed by atoms with van der Waals surface area (Å²) in [5.41, 5.74) is 0.834. The zero-order valence-corrected chi connectivity index (χ0v) is 10.2. The lowest BCUT2D eigenvalue weighted by molar-refractivity contribution is -0.154. The van der Waals surface area contributed by atoms with Gasteiger partial charge in [0.05, 0.1) is 5.69 Å². The number of hydrogen-bond donors (Lipinski definition) is 0. The Morgan fingerprint density at radius 1 is 1.53 bits per heavy atom. The quantitative estimate of drug-likeness (QED) is 0.782. The summed E-state index contributed by atoms with van der Waals surface area (Å²) in [5, 5.41) is 0. The minimum absolute atomic E-state index is 0.130. The van der Waals surface area contributed by atoms with Gasteiger partial charge in [-0.25, -0.2) is 0 Å². The molecule has 0 bridgehead atoms. The maximum Gasteiger partial charge on any atom is 0.169 e. The van der Waals surface area contributed by atoms with E-state index in [0.717, 1.165) is 17.9 Å². The average molecular weight is 235 g/mol. The molecule has 0 amide bonds. The van der Waals surface area contributed by atoms with Crippen LogP contribution in [-0.4, -0.2) is 29.6 Å². The van der Waals surface area contributed by atoms with Crippen LogP contribution >= 0.6 is 0 Å². The predicted octanol–water partition coefficient (Wildman–Crippen LogP) is 1.91. The molecule has 1 aliphatic rings. The molecule has 2 atom stereocenters. The number of nitrogens with zero attached hydrogens (tertiary/aromatic N) is 1. The summed E-state index contributed by atoms with van der Waals surface area (Å²) in [5.74, 6) is 0.861. The van der Waals surface area contributed by atoms with E-state index >= 15 is 0 Å². The van der Waals surface area contributed by atoms with Crippen LogP contribution in [0.25, 0.3) is 0 Å². The van der Waals surface area contributed by atoms with Crippen molar-refractivity contribution in [2.24, 2.45) is 0 Å². The smallest absolute Gasteiger partial charge is 0.169 e. The third kappa shape index (κ3) is 2.64. The van der Waals surface area contributed by atoms with Crippen molar-refractivity contribution in [2.45, 2.75) is 38.9 Å². The Bertz CT molecular complexity index is 405. The fourth-order valence-electron chi connectivity index (χ4n) is 1.77. The third-order valence-electron chi connectivity index (χ3n) is 2.80. The first-order valence-electron chi connectivity index (χ1n) is 5.95. The van der Waals surface area contributed by atoms with Crippen molar-refractivity contribution in [3.63, 3.8) is 0 Å². The molecule has 1 aliphatic carbocycles. The Morgan fingerprint density at radius 2 is 2.35 bits per heavy atom. The van der Waals surface area contributed by atoms with E-state index in [1.54, 1.807) is 6.20 Å². The van der Waals surface area contributed by atoms with E-state index in [-0.39, 0.29) is 11.9 Å². The van der Waals surface area contributed by atoms with E-state index < -0.39 is 6.10 Å². The number of hydrogen-bond acceptors (Lipinski definition) is 4. The van der Waals surface area contributed by atoms with E-state index in [1.807, 2.05) is 26.0 Å². The highest BCUT2D eigenvalue weighted by Gasteiger charge is 2.42. The van der Waals surface area contributed by atoms with Gasteiger partial charge in [0.2, 0.25) is 0 Å². The number of ether oxygens (including phenoxy) is 2. The Morgan fingerprint density at radius 3 is 3.00 bits per heavy atom. The maximum atomic E-state index is 11.4. The number of pyridine rings is 1. The molecule has 1 saturated carbocycles. The monoisotopic (exact) mass is 235 g/mol. The van der Waals surface area contributed by atoms with Crippen LogP contribution in [0.5, 0.6) is 5.75 Å². The minimum Gasteiger partial charge on any atom is -0.485 e. The number of aromatic nitrogens is 1. The molecule has 17 heavy (non-hydrogen) atoms. The fourth-order valence-corrected chi connectivity index (χ4v) is 1.77. The highest BCUT2D eigenvalue weighted by Crippen LogP contribution is 2.26. The van der Waals surface area contributed by atoms with Crippen molar-refractivity contribution < 1.29 is 14.3 Å². The largest absolute Gasteiger partial charge is 0.485 e. The molecule has 4 nitrogen and oxygen atoms in total. The summed E-state index contributed by atoms with van der Waals surface area (Å²) in [6.07, 6.45) is 2.51.